The van der Waals surface area contributed by atoms with E-state index in [1.165, 1.54) is 12.1 Å². The molecule has 1 aliphatic rings. The number of hydrogen-bond donors (Lipinski definition) is 2. The highest BCUT2D eigenvalue weighted by molar-refractivity contribution is 5.91. The number of hydrogen-bond acceptors (Lipinski definition) is 3. The largest absolute Gasteiger partial charge is 0.395 e. The molecule has 24 heavy (non-hydrogen) atoms. The molecule has 1 aliphatic heterocycles. The van der Waals surface area contributed by atoms with Gasteiger partial charge in [-0.15, -0.1) is 0 Å². The average molecular weight is 327 g/mol. The Hall–Kier alpha value is -2.24. The third kappa shape index (κ3) is 3.99. The van der Waals surface area contributed by atoms with E-state index in [1.807, 2.05) is 18.2 Å². The van der Waals surface area contributed by atoms with E-state index in [4.69, 9.17) is 4.99 Å². The first-order valence-electron chi connectivity index (χ1n) is 8.26. The summed E-state index contributed by atoms with van der Waals surface area (Å²) in [4.78, 5) is 6.89. The van der Waals surface area contributed by atoms with Crippen LogP contribution in [0.15, 0.2) is 59.6 Å². The predicted octanol–water partition coefficient (Wildman–Crippen LogP) is 2.88. The minimum absolute atomic E-state index is 0.0506. The van der Waals surface area contributed by atoms with Crippen molar-refractivity contribution in [1.29, 1.82) is 0 Å². The van der Waals surface area contributed by atoms with Crippen molar-refractivity contribution in [2.24, 2.45) is 4.99 Å². The van der Waals surface area contributed by atoms with Crippen LogP contribution in [0, 0.1) is 5.82 Å². The zero-order valence-corrected chi connectivity index (χ0v) is 13.5. The second kappa shape index (κ2) is 8.04. The second-order valence-electron chi connectivity index (χ2n) is 5.81. The maximum absolute atomic E-state index is 13.2. The van der Waals surface area contributed by atoms with E-state index in [1.54, 1.807) is 12.1 Å². The van der Waals surface area contributed by atoms with Crippen molar-refractivity contribution in [3.63, 3.8) is 0 Å². The van der Waals surface area contributed by atoms with Gasteiger partial charge in [0, 0.05) is 13.1 Å². The number of rotatable bonds is 4. The van der Waals surface area contributed by atoms with Gasteiger partial charge >= 0.3 is 0 Å². The Morgan fingerprint density at radius 1 is 1.12 bits per heavy atom. The molecule has 1 saturated heterocycles. The lowest BCUT2D eigenvalue weighted by Crippen LogP contribution is -2.39. The van der Waals surface area contributed by atoms with Gasteiger partial charge in [0.15, 0.2) is 0 Å². The molecule has 3 rings (SSSR count). The molecule has 2 N–H and O–H groups in total. The van der Waals surface area contributed by atoms with Crippen LogP contribution < -0.4 is 5.32 Å². The fourth-order valence-electron chi connectivity index (χ4n) is 2.95. The molecule has 1 unspecified atom stereocenters. The van der Waals surface area contributed by atoms with Crippen molar-refractivity contribution >= 4 is 11.5 Å². The van der Waals surface area contributed by atoms with Crippen LogP contribution in [-0.2, 0) is 0 Å². The number of aliphatic imine (C=N–C) groups is 1. The summed E-state index contributed by atoms with van der Waals surface area (Å²) >= 11 is 0. The molecule has 0 saturated carbocycles. The Balaban J connectivity index is 2.01. The lowest BCUT2D eigenvalue weighted by Gasteiger charge is -2.28. The Morgan fingerprint density at radius 3 is 2.58 bits per heavy atom. The molecule has 2 aromatic rings. The molecule has 1 fully saturated rings. The SMILES string of the molecule is OCCN1CCCNC(c2ccccc2)/C1=N/c1ccc(F)cc1. The van der Waals surface area contributed by atoms with E-state index in [9.17, 15) is 9.50 Å². The van der Waals surface area contributed by atoms with E-state index in [2.05, 4.69) is 22.3 Å². The van der Waals surface area contributed by atoms with Gasteiger partial charge in [0.2, 0.25) is 0 Å². The summed E-state index contributed by atoms with van der Waals surface area (Å²) in [5, 5.41) is 13.0. The van der Waals surface area contributed by atoms with Crippen molar-refractivity contribution < 1.29 is 9.50 Å². The third-order valence-corrected chi connectivity index (χ3v) is 4.11. The molecule has 5 heteroatoms. The first kappa shape index (κ1) is 16.6. The van der Waals surface area contributed by atoms with Gasteiger partial charge in [-0.2, -0.15) is 0 Å². The van der Waals surface area contributed by atoms with Gasteiger partial charge in [-0.3, -0.25) is 0 Å². The fraction of sp³-hybridized carbons (Fsp3) is 0.316. The minimum Gasteiger partial charge on any atom is -0.395 e. The topological polar surface area (TPSA) is 47.9 Å². The molecular formula is C19H22FN3O. The van der Waals surface area contributed by atoms with Gasteiger partial charge in [-0.05, 0) is 42.8 Å². The third-order valence-electron chi connectivity index (χ3n) is 4.11. The number of amidine groups is 1. The van der Waals surface area contributed by atoms with Crippen molar-refractivity contribution in [3.8, 4) is 0 Å². The summed E-state index contributed by atoms with van der Waals surface area (Å²) < 4.78 is 13.2. The van der Waals surface area contributed by atoms with Gasteiger partial charge in [0.05, 0.1) is 18.3 Å². The van der Waals surface area contributed by atoms with Crippen LogP contribution >= 0.6 is 0 Å². The summed E-state index contributed by atoms with van der Waals surface area (Å²) in [6, 6.07) is 16.3. The molecule has 0 spiro atoms. The standard InChI is InChI=1S/C19H22FN3O/c20-16-7-9-17(10-8-16)22-19-18(15-5-2-1-3-6-15)21-11-4-12-23(19)13-14-24/h1-3,5-10,18,21,24H,4,11-14H2/b22-19-. The molecule has 4 nitrogen and oxygen atoms in total. The highest BCUT2D eigenvalue weighted by Gasteiger charge is 2.25. The highest BCUT2D eigenvalue weighted by Crippen LogP contribution is 2.23. The average Bonchev–Trinajstić information content (AvgIpc) is 2.81. The molecule has 126 valence electrons. The van der Waals surface area contributed by atoms with Crippen LogP contribution in [0.1, 0.15) is 18.0 Å². The number of nitrogens with zero attached hydrogens (tertiary/aromatic N) is 2. The molecule has 0 bridgehead atoms. The van der Waals surface area contributed by atoms with Gasteiger partial charge in [-0.1, -0.05) is 30.3 Å². The van der Waals surface area contributed by atoms with Gasteiger partial charge in [-0.25, -0.2) is 9.38 Å². The van der Waals surface area contributed by atoms with Crippen LogP contribution in [0.3, 0.4) is 0 Å². The van der Waals surface area contributed by atoms with Crippen molar-refractivity contribution in [3.05, 3.63) is 66.0 Å². The first-order chi connectivity index (χ1) is 11.8. The van der Waals surface area contributed by atoms with E-state index < -0.39 is 0 Å². The summed E-state index contributed by atoms with van der Waals surface area (Å²) in [6.45, 7) is 2.32. The van der Waals surface area contributed by atoms with Crippen LogP contribution in [0.4, 0.5) is 10.1 Å². The van der Waals surface area contributed by atoms with Crippen LogP contribution in [0.25, 0.3) is 0 Å². The van der Waals surface area contributed by atoms with Gasteiger partial charge in [0.25, 0.3) is 0 Å². The molecular weight excluding hydrogens is 305 g/mol. The molecule has 1 atom stereocenters. The summed E-state index contributed by atoms with van der Waals surface area (Å²) in [6.07, 6.45) is 0.978. The van der Waals surface area contributed by atoms with Crippen LogP contribution in [-0.4, -0.2) is 42.1 Å². The first-order valence-corrected chi connectivity index (χ1v) is 8.26. The zero-order valence-electron chi connectivity index (χ0n) is 13.5. The lowest BCUT2D eigenvalue weighted by molar-refractivity contribution is 0.249. The van der Waals surface area contributed by atoms with E-state index in [-0.39, 0.29) is 18.5 Å². The maximum atomic E-state index is 13.2. The fourth-order valence-corrected chi connectivity index (χ4v) is 2.95. The molecule has 2 aromatic carbocycles. The van der Waals surface area contributed by atoms with E-state index in [0.717, 1.165) is 30.9 Å². The number of benzene rings is 2. The predicted molar refractivity (Wildman–Crippen MR) is 94.0 cm³/mol. The zero-order chi connectivity index (χ0) is 16.8. The molecule has 1 heterocycles. The minimum atomic E-state index is -0.273. The summed E-state index contributed by atoms with van der Waals surface area (Å²) in [5.74, 6) is 0.587. The molecule has 0 amide bonds. The summed E-state index contributed by atoms with van der Waals surface area (Å²) in [5.41, 5.74) is 1.84. The number of β-amino-alcohol motifs (C(OH)–C–C–N with tert-alkyl or cyclic N) is 1. The molecule has 0 aliphatic carbocycles. The molecule has 0 aromatic heterocycles. The number of aliphatic hydroxyl groups excluding tert-OH is 1. The summed E-state index contributed by atoms with van der Waals surface area (Å²) in [7, 11) is 0. The second-order valence-corrected chi connectivity index (χ2v) is 5.81. The quantitative estimate of drug-likeness (QED) is 0.908. The van der Waals surface area contributed by atoms with Crippen molar-refractivity contribution in [2.45, 2.75) is 12.5 Å². The maximum Gasteiger partial charge on any atom is 0.127 e. The Kier molecular flexibility index (Phi) is 5.56. The molecule has 0 radical (unpaired) electrons. The number of halogens is 1. The Labute approximate surface area is 141 Å². The van der Waals surface area contributed by atoms with Crippen LogP contribution in [0.2, 0.25) is 0 Å². The normalized spacial score (nSPS) is 20.2. The Morgan fingerprint density at radius 2 is 1.88 bits per heavy atom. The number of aliphatic hydroxyl groups is 1. The van der Waals surface area contributed by atoms with Crippen molar-refractivity contribution in [2.75, 3.05) is 26.2 Å². The lowest BCUT2D eigenvalue weighted by atomic mass is 10.1. The van der Waals surface area contributed by atoms with Gasteiger partial charge < -0.3 is 15.3 Å². The highest BCUT2D eigenvalue weighted by atomic mass is 19.1. The van der Waals surface area contributed by atoms with Crippen LogP contribution in [0.5, 0.6) is 0 Å². The monoisotopic (exact) mass is 327 g/mol. The number of nitrogens with one attached hydrogen (secondary N) is 1. The van der Waals surface area contributed by atoms with E-state index in [0.29, 0.717) is 12.2 Å². The smallest absolute Gasteiger partial charge is 0.127 e. The van der Waals surface area contributed by atoms with Crippen molar-refractivity contribution in [1.82, 2.24) is 10.2 Å². The van der Waals surface area contributed by atoms with E-state index >= 15 is 0 Å². The Bertz CT molecular complexity index is 673. The van der Waals surface area contributed by atoms with Gasteiger partial charge in [0.1, 0.15) is 11.7 Å².